The Morgan fingerprint density at radius 3 is 2.35 bits per heavy atom. The van der Waals surface area contributed by atoms with Crippen molar-refractivity contribution in [3.05, 3.63) is 35.6 Å². The third-order valence-electron chi connectivity index (χ3n) is 7.00. The second-order valence-corrected chi connectivity index (χ2v) is 9.97. The molecule has 1 fully saturated rings. The molecular weight excluding hydrogens is 439 g/mol. The number of nitrogens with one attached hydrogen (secondary N) is 3. The van der Waals surface area contributed by atoms with Crippen LogP contribution in [0.3, 0.4) is 0 Å². The van der Waals surface area contributed by atoms with Crippen LogP contribution in [0.2, 0.25) is 0 Å². The molecule has 4 N–H and O–H groups in total. The predicted octanol–water partition coefficient (Wildman–Crippen LogP) is 3.09. The van der Waals surface area contributed by atoms with Crippen molar-refractivity contribution >= 4 is 17.9 Å². The summed E-state index contributed by atoms with van der Waals surface area (Å²) >= 11 is 0. The zero-order valence-corrected chi connectivity index (χ0v) is 20.9. The molecule has 0 radical (unpaired) electrons. The summed E-state index contributed by atoms with van der Waals surface area (Å²) < 4.78 is 13.8. The van der Waals surface area contributed by atoms with E-state index in [1.807, 2.05) is 39.3 Å². The first-order chi connectivity index (χ1) is 15.9. The van der Waals surface area contributed by atoms with Crippen LogP contribution in [0.1, 0.15) is 64.4 Å². The lowest BCUT2D eigenvalue weighted by Gasteiger charge is -2.49. The van der Waals surface area contributed by atoms with Crippen LogP contribution >= 0.6 is 0 Å². The highest BCUT2D eigenvalue weighted by atomic mass is 19.1. The Bertz CT molecular complexity index is 853. The number of hydrogen-bond donors (Lipinski definition) is 4. The van der Waals surface area contributed by atoms with E-state index in [9.17, 15) is 18.8 Å². The molecule has 2 unspecified atom stereocenters. The van der Waals surface area contributed by atoms with Gasteiger partial charge in [-0.2, -0.15) is 0 Å². The molecule has 1 aromatic carbocycles. The molecule has 0 aliphatic heterocycles. The number of halogens is 1. The quantitative estimate of drug-likeness (QED) is 0.413. The fourth-order valence-corrected chi connectivity index (χ4v) is 5.02. The van der Waals surface area contributed by atoms with Gasteiger partial charge in [0.25, 0.3) is 0 Å². The third-order valence-corrected chi connectivity index (χ3v) is 7.00. The van der Waals surface area contributed by atoms with Crippen LogP contribution < -0.4 is 16.0 Å². The van der Waals surface area contributed by atoms with Crippen LogP contribution in [-0.4, -0.2) is 66.2 Å². The van der Waals surface area contributed by atoms with Gasteiger partial charge in [-0.3, -0.25) is 9.59 Å². The Kier molecular flexibility index (Phi) is 9.85. The maximum atomic E-state index is 13.8. The van der Waals surface area contributed by atoms with E-state index in [-0.39, 0.29) is 35.1 Å². The molecule has 1 aliphatic rings. The lowest BCUT2D eigenvalue weighted by Crippen LogP contribution is -2.56. The molecule has 3 amide bonds. The Morgan fingerprint density at radius 2 is 1.82 bits per heavy atom. The van der Waals surface area contributed by atoms with Crippen molar-refractivity contribution in [1.29, 1.82) is 0 Å². The van der Waals surface area contributed by atoms with Crippen LogP contribution in [0, 0.1) is 11.7 Å². The van der Waals surface area contributed by atoms with Crippen LogP contribution in [-0.2, 0) is 9.59 Å². The van der Waals surface area contributed by atoms with E-state index in [0.29, 0.717) is 6.42 Å². The summed E-state index contributed by atoms with van der Waals surface area (Å²) in [6.07, 6.45) is 2.38. The van der Waals surface area contributed by atoms with Crippen LogP contribution in [0.15, 0.2) is 24.3 Å². The molecule has 1 saturated carbocycles. The maximum absolute atomic E-state index is 13.8. The average molecular weight is 479 g/mol. The Hall–Kier alpha value is -2.68. The Morgan fingerprint density at radius 1 is 1.18 bits per heavy atom. The molecular formula is C25H39FN4O4. The van der Waals surface area contributed by atoms with E-state index in [4.69, 9.17) is 5.11 Å². The molecule has 190 valence electrons. The minimum absolute atomic E-state index is 0.0241. The van der Waals surface area contributed by atoms with Gasteiger partial charge in [-0.15, -0.1) is 0 Å². The lowest BCUT2D eigenvalue weighted by molar-refractivity contribution is -0.129. The molecule has 9 heteroatoms. The first-order valence-electron chi connectivity index (χ1n) is 11.9. The normalized spacial score (nSPS) is 22.2. The molecule has 0 spiro atoms. The first-order valence-corrected chi connectivity index (χ1v) is 11.9. The smallest absolute Gasteiger partial charge is 0.405 e. The van der Waals surface area contributed by atoms with Gasteiger partial charge < -0.3 is 26.0 Å². The largest absolute Gasteiger partial charge is 0.465 e. The van der Waals surface area contributed by atoms with Gasteiger partial charge in [-0.05, 0) is 75.7 Å². The highest BCUT2D eigenvalue weighted by Gasteiger charge is 2.42. The molecule has 2 atom stereocenters. The molecule has 2 rings (SSSR count). The Labute approximate surface area is 201 Å². The predicted molar refractivity (Wildman–Crippen MR) is 129 cm³/mol. The number of likely N-dealkylation sites (N-methyl/N-ethyl adjacent to an activating group) is 1. The fourth-order valence-electron chi connectivity index (χ4n) is 5.02. The summed E-state index contributed by atoms with van der Waals surface area (Å²) in [6.45, 7) is 5.65. The number of benzene rings is 1. The molecule has 0 saturated heterocycles. The number of rotatable bonds is 10. The van der Waals surface area contributed by atoms with Gasteiger partial charge in [0.1, 0.15) is 18.4 Å². The minimum Gasteiger partial charge on any atom is -0.465 e. The standard InChI is InChI=1S/C25H39FN4O4/c1-16(2)13-21(29-22(31)15-27-24(33)34)23(32)28-20-9-11-25(12-10-20,30(4)5)17(3)18-7-6-8-19(26)14-18/h6-8,14,16-17,20-21,27H,9-13,15H2,1-5H3,(H,28,32)(H,29,31)(H,33,34). The summed E-state index contributed by atoms with van der Waals surface area (Å²) in [6, 6.07) is 6.01. The van der Waals surface area contributed by atoms with Crippen molar-refractivity contribution < 1.29 is 23.9 Å². The van der Waals surface area contributed by atoms with Gasteiger partial charge in [0.15, 0.2) is 0 Å². The number of hydrogen-bond acceptors (Lipinski definition) is 4. The monoisotopic (exact) mass is 478 g/mol. The number of nitrogens with zero attached hydrogens (tertiary/aromatic N) is 1. The highest BCUT2D eigenvalue weighted by molar-refractivity contribution is 5.89. The van der Waals surface area contributed by atoms with Gasteiger partial charge in [-0.1, -0.05) is 32.9 Å². The number of carbonyl (C=O) groups is 3. The van der Waals surface area contributed by atoms with Gasteiger partial charge in [0.05, 0.1) is 0 Å². The van der Waals surface area contributed by atoms with Gasteiger partial charge in [0.2, 0.25) is 11.8 Å². The van der Waals surface area contributed by atoms with Crippen molar-refractivity contribution in [3.63, 3.8) is 0 Å². The van der Waals surface area contributed by atoms with Crippen LogP contribution in [0.4, 0.5) is 9.18 Å². The summed E-state index contributed by atoms with van der Waals surface area (Å²) in [5.74, 6) is -0.746. The van der Waals surface area contributed by atoms with Crippen molar-refractivity contribution in [3.8, 4) is 0 Å². The van der Waals surface area contributed by atoms with E-state index < -0.39 is 24.6 Å². The molecule has 8 nitrogen and oxygen atoms in total. The molecule has 0 bridgehead atoms. The SMILES string of the molecule is CC(C)CC(NC(=O)CNC(=O)O)C(=O)NC1CCC(C(C)c2cccc(F)c2)(N(C)C)CC1. The summed E-state index contributed by atoms with van der Waals surface area (Å²) in [7, 11) is 4.10. The molecule has 0 aromatic heterocycles. The fraction of sp³-hybridized carbons (Fsp3) is 0.640. The summed E-state index contributed by atoms with van der Waals surface area (Å²) in [4.78, 5) is 37.9. The minimum atomic E-state index is -1.29. The Balaban J connectivity index is 2.03. The van der Waals surface area contributed by atoms with Crippen molar-refractivity contribution in [2.24, 2.45) is 5.92 Å². The van der Waals surface area contributed by atoms with Crippen LogP contribution in [0.5, 0.6) is 0 Å². The third kappa shape index (κ3) is 7.41. The topological polar surface area (TPSA) is 111 Å². The zero-order valence-electron chi connectivity index (χ0n) is 20.9. The number of carboxylic acid groups (broad SMARTS) is 1. The summed E-state index contributed by atoms with van der Waals surface area (Å²) in [5, 5.41) is 16.4. The molecule has 1 aromatic rings. The maximum Gasteiger partial charge on any atom is 0.405 e. The zero-order chi connectivity index (χ0) is 25.5. The molecule has 0 heterocycles. The van der Waals surface area contributed by atoms with Gasteiger partial charge >= 0.3 is 6.09 Å². The van der Waals surface area contributed by atoms with E-state index in [1.165, 1.54) is 6.07 Å². The van der Waals surface area contributed by atoms with Crippen molar-refractivity contribution in [1.82, 2.24) is 20.9 Å². The number of amides is 3. The number of carbonyl (C=O) groups excluding carboxylic acids is 2. The van der Waals surface area contributed by atoms with E-state index >= 15 is 0 Å². The van der Waals surface area contributed by atoms with Gasteiger partial charge in [-0.25, -0.2) is 9.18 Å². The van der Waals surface area contributed by atoms with Crippen molar-refractivity contribution in [2.75, 3.05) is 20.6 Å². The van der Waals surface area contributed by atoms with E-state index in [2.05, 4.69) is 22.5 Å². The van der Waals surface area contributed by atoms with Crippen LogP contribution in [0.25, 0.3) is 0 Å². The average Bonchev–Trinajstić information content (AvgIpc) is 2.77. The lowest BCUT2D eigenvalue weighted by atomic mass is 9.69. The van der Waals surface area contributed by atoms with E-state index in [0.717, 1.165) is 31.2 Å². The van der Waals surface area contributed by atoms with Gasteiger partial charge in [0, 0.05) is 11.6 Å². The highest BCUT2D eigenvalue weighted by Crippen LogP contribution is 2.43. The van der Waals surface area contributed by atoms with Crippen molar-refractivity contribution in [2.45, 2.75) is 76.4 Å². The first kappa shape index (κ1) is 27.6. The summed E-state index contributed by atoms with van der Waals surface area (Å²) in [5.41, 5.74) is 0.814. The van der Waals surface area contributed by atoms with E-state index in [1.54, 1.807) is 12.1 Å². The molecule has 34 heavy (non-hydrogen) atoms. The second-order valence-electron chi connectivity index (χ2n) is 9.97. The molecule has 1 aliphatic carbocycles. The second kappa shape index (κ2) is 12.1.